The number of ether oxygens (including phenoxy) is 1. The number of amides is 1. The molecule has 1 aromatic heterocycles. The summed E-state index contributed by atoms with van der Waals surface area (Å²) in [6.45, 7) is 0.509. The molecule has 23 heavy (non-hydrogen) atoms. The molecule has 0 aliphatic rings. The molecule has 8 heteroatoms. The van der Waals surface area contributed by atoms with E-state index in [-0.39, 0.29) is 29.6 Å². The van der Waals surface area contributed by atoms with Gasteiger partial charge in [-0.3, -0.25) is 15.5 Å². The maximum Gasteiger partial charge on any atom is 0.273 e. The molecule has 1 aromatic carbocycles. The fourth-order valence-electron chi connectivity index (χ4n) is 1.76. The molecule has 0 spiro atoms. The van der Waals surface area contributed by atoms with E-state index in [2.05, 4.69) is 10.3 Å². The topological polar surface area (TPSA) is 104 Å². The molecule has 0 fully saturated rings. The number of hydrogen-bond donors (Lipinski definition) is 4. The highest BCUT2D eigenvalue weighted by atomic mass is 32.1. The van der Waals surface area contributed by atoms with Crippen molar-refractivity contribution in [3.05, 3.63) is 53.9 Å². The molecule has 0 saturated heterocycles. The van der Waals surface area contributed by atoms with Crippen LogP contribution in [0.5, 0.6) is 11.5 Å². The summed E-state index contributed by atoms with van der Waals surface area (Å²) >= 11 is 4.88. The molecule has 7 nitrogen and oxygen atoms in total. The summed E-state index contributed by atoms with van der Waals surface area (Å²) in [5.41, 5.74) is 2.54. The van der Waals surface area contributed by atoms with Gasteiger partial charge in [-0.05, 0) is 36.4 Å². The fraction of sp³-hybridized carbons (Fsp3) is 0.133. The van der Waals surface area contributed by atoms with Crippen molar-refractivity contribution in [2.24, 2.45) is 0 Å². The lowest BCUT2D eigenvalue weighted by Gasteiger charge is -2.09. The third-order valence-corrected chi connectivity index (χ3v) is 3.20. The predicted molar refractivity (Wildman–Crippen MR) is 86.8 cm³/mol. The van der Waals surface area contributed by atoms with Crippen molar-refractivity contribution >= 4 is 23.1 Å². The summed E-state index contributed by atoms with van der Waals surface area (Å²) < 4.78 is 5.47. The molecule has 2 rings (SSSR count). The lowest BCUT2D eigenvalue weighted by molar-refractivity contribution is 0.0939. The maximum atomic E-state index is 11.8. The maximum absolute atomic E-state index is 11.8. The van der Waals surface area contributed by atoms with Crippen LogP contribution in [-0.4, -0.2) is 39.3 Å². The van der Waals surface area contributed by atoms with Crippen LogP contribution >= 0.6 is 12.2 Å². The van der Waals surface area contributed by atoms with Crippen molar-refractivity contribution in [2.75, 3.05) is 13.2 Å². The molecule has 1 heterocycles. The van der Waals surface area contributed by atoms with Crippen molar-refractivity contribution in [3.8, 4) is 11.5 Å². The summed E-state index contributed by atoms with van der Waals surface area (Å²) in [6, 6.07) is 9.73. The van der Waals surface area contributed by atoms with E-state index in [0.717, 1.165) is 0 Å². The van der Waals surface area contributed by atoms with Crippen LogP contribution in [0.3, 0.4) is 0 Å². The number of benzene rings is 1. The third kappa shape index (κ3) is 4.63. The first kappa shape index (κ1) is 16.7. The number of aromatic nitrogens is 1. The number of nitrogens with zero attached hydrogens (tertiary/aromatic N) is 1. The Hall–Kier alpha value is -2.71. The number of aromatic hydroxyl groups is 1. The molecule has 0 saturated carbocycles. The van der Waals surface area contributed by atoms with Crippen LogP contribution in [0.1, 0.15) is 16.1 Å². The van der Waals surface area contributed by atoms with Crippen molar-refractivity contribution in [1.82, 2.24) is 15.8 Å². The second kappa shape index (κ2) is 8.06. The molecule has 2 aromatic rings. The van der Waals surface area contributed by atoms with Crippen LogP contribution in [-0.2, 0) is 0 Å². The highest BCUT2D eigenvalue weighted by molar-refractivity contribution is 7.80. The molecule has 0 aliphatic carbocycles. The van der Waals surface area contributed by atoms with Gasteiger partial charge in [0.25, 0.3) is 5.91 Å². The van der Waals surface area contributed by atoms with E-state index in [9.17, 15) is 9.90 Å². The van der Waals surface area contributed by atoms with Crippen molar-refractivity contribution in [3.63, 3.8) is 0 Å². The average Bonchev–Trinajstić information content (AvgIpc) is 2.58. The zero-order valence-corrected chi connectivity index (χ0v) is 12.8. The number of carbonyl (C=O) groups excluding carboxylic acids is 1. The minimum Gasteiger partial charge on any atom is -0.505 e. The normalized spacial score (nSPS) is 9.96. The molecular weight excluding hydrogens is 318 g/mol. The Bertz CT molecular complexity index is 691. The molecule has 4 N–H and O–H groups in total. The monoisotopic (exact) mass is 333 g/mol. The van der Waals surface area contributed by atoms with Crippen molar-refractivity contribution in [1.29, 1.82) is 0 Å². The van der Waals surface area contributed by atoms with Gasteiger partial charge in [-0.25, -0.2) is 4.98 Å². The first-order chi connectivity index (χ1) is 11.1. The van der Waals surface area contributed by atoms with Gasteiger partial charge in [0.05, 0.1) is 6.54 Å². The molecule has 0 aliphatic heterocycles. The van der Waals surface area contributed by atoms with E-state index >= 15 is 0 Å². The largest absolute Gasteiger partial charge is 0.505 e. The quantitative estimate of drug-likeness (QED) is 0.358. The van der Waals surface area contributed by atoms with Gasteiger partial charge in [0, 0.05) is 11.8 Å². The van der Waals surface area contributed by atoms with Gasteiger partial charge in [-0.15, -0.1) is 0 Å². The Kier molecular flexibility index (Phi) is 5.84. The Morgan fingerprint density at radius 1 is 1.26 bits per heavy atom. The second-order valence-corrected chi connectivity index (χ2v) is 4.85. The number of carbonyl (C=O) groups is 1. The molecule has 0 atom stereocenters. The second-order valence-electron chi connectivity index (χ2n) is 4.44. The van der Waals surface area contributed by atoms with E-state index in [1.165, 1.54) is 18.3 Å². The Morgan fingerprint density at radius 2 is 2.00 bits per heavy atom. The lowest BCUT2D eigenvalue weighted by Crippen LogP contribution is -2.28. The highest BCUT2D eigenvalue weighted by Crippen LogP contribution is 2.13. The fourth-order valence-corrected chi connectivity index (χ4v) is 1.89. The van der Waals surface area contributed by atoms with Gasteiger partial charge in [0.1, 0.15) is 23.1 Å². The summed E-state index contributed by atoms with van der Waals surface area (Å²) in [4.78, 5) is 15.8. The van der Waals surface area contributed by atoms with Crippen LogP contribution in [0, 0.1) is 0 Å². The minimum absolute atomic E-state index is 0.0260. The number of thiocarbonyl (C=S) groups is 1. The van der Waals surface area contributed by atoms with E-state index in [1.54, 1.807) is 24.3 Å². The minimum atomic E-state index is -0.471. The highest BCUT2D eigenvalue weighted by Gasteiger charge is 2.11. The van der Waals surface area contributed by atoms with Gasteiger partial charge in [0.15, 0.2) is 5.69 Å². The first-order valence-corrected chi connectivity index (χ1v) is 7.12. The standard InChI is InChI=1S/C15H15N3O4S/c19-12-2-1-7-16-13(12)14(20)17-8-9-22-11-5-3-10(4-6-11)15(23)18-21/h1-7,19,21H,8-9H2,(H,17,20)(H,18,23). The van der Waals surface area contributed by atoms with E-state index in [1.807, 2.05) is 5.48 Å². The summed E-state index contributed by atoms with van der Waals surface area (Å²) in [6.07, 6.45) is 1.43. The van der Waals surface area contributed by atoms with Gasteiger partial charge >= 0.3 is 0 Å². The summed E-state index contributed by atoms with van der Waals surface area (Å²) in [7, 11) is 0. The first-order valence-electron chi connectivity index (χ1n) is 6.71. The third-order valence-electron chi connectivity index (χ3n) is 2.88. The number of pyridine rings is 1. The smallest absolute Gasteiger partial charge is 0.273 e. The number of hydroxylamine groups is 1. The van der Waals surface area contributed by atoms with Crippen LogP contribution in [0.25, 0.3) is 0 Å². The van der Waals surface area contributed by atoms with Gasteiger partial charge in [-0.2, -0.15) is 0 Å². The van der Waals surface area contributed by atoms with Crippen LogP contribution in [0.4, 0.5) is 0 Å². The molecule has 120 valence electrons. The van der Waals surface area contributed by atoms with Crippen molar-refractivity contribution in [2.45, 2.75) is 0 Å². The van der Waals surface area contributed by atoms with E-state index in [0.29, 0.717) is 11.3 Å². The van der Waals surface area contributed by atoms with Crippen LogP contribution < -0.4 is 15.5 Å². The number of nitrogens with one attached hydrogen (secondary N) is 2. The number of hydrogen-bond acceptors (Lipinski definition) is 6. The molecule has 1 amide bonds. The van der Waals surface area contributed by atoms with Crippen LogP contribution in [0.2, 0.25) is 0 Å². The summed E-state index contributed by atoms with van der Waals surface area (Å²) in [5.74, 6) is -0.0409. The number of rotatable bonds is 6. The van der Waals surface area contributed by atoms with Crippen LogP contribution in [0.15, 0.2) is 42.6 Å². The molecule has 0 radical (unpaired) electrons. The van der Waals surface area contributed by atoms with Gasteiger partial charge < -0.3 is 15.2 Å². The SMILES string of the molecule is O=C(NCCOc1ccc(C(=S)NO)cc1)c1ncccc1O. The molecule has 0 unspecified atom stereocenters. The van der Waals surface area contributed by atoms with Gasteiger partial charge in [0.2, 0.25) is 0 Å². The van der Waals surface area contributed by atoms with E-state index in [4.69, 9.17) is 22.2 Å². The van der Waals surface area contributed by atoms with Gasteiger partial charge in [-0.1, -0.05) is 12.2 Å². The molecule has 0 bridgehead atoms. The predicted octanol–water partition coefficient (Wildman–Crippen LogP) is 1.25. The Labute approximate surface area is 137 Å². The Morgan fingerprint density at radius 3 is 2.65 bits per heavy atom. The molecular formula is C15H15N3O4S. The Balaban J connectivity index is 1.78. The zero-order valence-electron chi connectivity index (χ0n) is 12.0. The van der Waals surface area contributed by atoms with Crippen molar-refractivity contribution < 1.29 is 19.8 Å². The zero-order chi connectivity index (χ0) is 16.7. The summed E-state index contributed by atoms with van der Waals surface area (Å²) in [5, 5.41) is 20.8. The average molecular weight is 333 g/mol. The van der Waals surface area contributed by atoms with E-state index < -0.39 is 5.91 Å². The lowest BCUT2D eigenvalue weighted by atomic mass is 10.2.